The monoisotopic (exact) mass is 673 g/mol. The summed E-state index contributed by atoms with van der Waals surface area (Å²) >= 11 is 0. The third-order valence-electron chi connectivity index (χ3n) is 9.12. The number of hydrogen-bond donors (Lipinski definition) is 4. The van der Waals surface area contributed by atoms with E-state index in [-0.39, 0.29) is 23.9 Å². The number of likely N-dealkylation sites (tertiary alicyclic amines) is 2. The van der Waals surface area contributed by atoms with Gasteiger partial charge in [0.05, 0.1) is 37.3 Å². The zero-order valence-corrected chi connectivity index (χ0v) is 28.2. The van der Waals surface area contributed by atoms with Crippen molar-refractivity contribution >= 4 is 18.1 Å². The fraction of sp³-hybridized carbons (Fsp3) is 0.342. The van der Waals surface area contributed by atoms with Gasteiger partial charge in [-0.1, -0.05) is 56.2 Å². The van der Waals surface area contributed by atoms with Crippen LogP contribution in [0, 0.1) is 29.6 Å². The fourth-order valence-corrected chi connectivity index (χ4v) is 6.57. The number of amides is 3. The van der Waals surface area contributed by atoms with E-state index in [1.165, 1.54) is 12.0 Å². The number of carbonyl (C=O) groups excluding carboxylic acids is 2. The van der Waals surface area contributed by atoms with Gasteiger partial charge in [-0.05, 0) is 72.6 Å². The number of methoxy groups -OCH3 is 1. The SMILES string of the molecule is COC(=O)N[C@H](C(=O)N1CCC[C@H]1c1ncc(C#CC#Cc2ccc(-c3cnc([C@@H]4CCCN4C(=O)O)[nH]3)cc2-c2ccccc2)[nH]1)C(C)C. The summed E-state index contributed by atoms with van der Waals surface area (Å²) in [5.74, 6) is 13.1. The van der Waals surface area contributed by atoms with Gasteiger partial charge in [-0.3, -0.25) is 9.69 Å². The maximum absolute atomic E-state index is 13.4. The summed E-state index contributed by atoms with van der Waals surface area (Å²) in [4.78, 5) is 55.9. The number of hydrogen-bond acceptors (Lipinski definition) is 6. The molecule has 3 atom stereocenters. The molecular formula is C38H39N7O5. The highest BCUT2D eigenvalue weighted by Crippen LogP contribution is 2.34. The quantitative estimate of drug-likeness (QED) is 0.183. The number of aromatic nitrogens is 4. The van der Waals surface area contributed by atoms with E-state index < -0.39 is 18.2 Å². The molecule has 256 valence electrons. The van der Waals surface area contributed by atoms with Crippen LogP contribution >= 0.6 is 0 Å². The second-order valence-corrected chi connectivity index (χ2v) is 12.7. The van der Waals surface area contributed by atoms with Crippen molar-refractivity contribution in [3.8, 4) is 46.1 Å². The molecule has 4 heterocycles. The van der Waals surface area contributed by atoms with Crippen molar-refractivity contribution in [2.24, 2.45) is 5.92 Å². The zero-order chi connectivity index (χ0) is 35.2. The van der Waals surface area contributed by atoms with Crippen LogP contribution in [-0.2, 0) is 9.53 Å². The summed E-state index contributed by atoms with van der Waals surface area (Å²) in [7, 11) is 1.28. The first-order valence-electron chi connectivity index (χ1n) is 16.7. The van der Waals surface area contributed by atoms with Crippen LogP contribution in [0.1, 0.15) is 74.5 Å². The topological polar surface area (TPSA) is 157 Å². The van der Waals surface area contributed by atoms with E-state index in [9.17, 15) is 19.5 Å². The molecule has 0 unspecified atom stereocenters. The summed E-state index contributed by atoms with van der Waals surface area (Å²) in [6, 6.07) is 14.7. The van der Waals surface area contributed by atoms with E-state index >= 15 is 0 Å². The Bertz CT molecular complexity index is 2000. The lowest BCUT2D eigenvalue weighted by atomic mass is 9.96. The van der Waals surface area contributed by atoms with Crippen molar-refractivity contribution < 1.29 is 24.2 Å². The molecule has 50 heavy (non-hydrogen) atoms. The van der Waals surface area contributed by atoms with Crippen LogP contribution in [0.15, 0.2) is 60.9 Å². The van der Waals surface area contributed by atoms with Gasteiger partial charge in [0.25, 0.3) is 0 Å². The lowest BCUT2D eigenvalue weighted by molar-refractivity contribution is -0.135. The van der Waals surface area contributed by atoms with Crippen molar-refractivity contribution in [2.45, 2.75) is 57.7 Å². The molecule has 2 aromatic heterocycles. The van der Waals surface area contributed by atoms with Gasteiger partial charge in [0.15, 0.2) is 0 Å². The van der Waals surface area contributed by atoms with Gasteiger partial charge in [0, 0.05) is 24.2 Å². The van der Waals surface area contributed by atoms with Crippen molar-refractivity contribution in [1.29, 1.82) is 0 Å². The lowest BCUT2D eigenvalue weighted by Gasteiger charge is -2.29. The summed E-state index contributed by atoms with van der Waals surface area (Å²) in [5.41, 5.74) is 5.01. The minimum absolute atomic E-state index is 0.120. The average Bonchev–Trinajstić information content (AvgIpc) is 3.95. The summed E-state index contributed by atoms with van der Waals surface area (Å²) < 4.78 is 4.73. The number of carboxylic acid groups (broad SMARTS) is 1. The Hall–Kier alpha value is -6.01. The summed E-state index contributed by atoms with van der Waals surface area (Å²) in [6.07, 6.45) is 4.91. The molecule has 3 amide bonds. The third-order valence-corrected chi connectivity index (χ3v) is 9.12. The summed E-state index contributed by atoms with van der Waals surface area (Å²) in [5, 5.41) is 12.2. The van der Waals surface area contributed by atoms with Gasteiger partial charge in [-0.2, -0.15) is 0 Å². The minimum atomic E-state index is -0.936. The molecule has 6 rings (SSSR count). The number of rotatable bonds is 7. The standard InChI is InChI=1S/C38H39N7O5/c1-24(2)33(43-37(47)50-3)36(46)44-19-9-15-31(44)34-39-22-28(41-34)14-8-7-13-26-17-18-27(21-29(26)25-11-5-4-6-12-25)30-23-40-35(42-30)32-16-10-20-45(32)38(48)49/h4-6,11-12,17-18,21-24,31-33H,9-10,15-16,19-20H2,1-3H3,(H,39,41)(H,40,42)(H,43,47)(H,48,49)/t31-,32-,33-/m0/s1. The van der Waals surface area contributed by atoms with Crippen LogP contribution in [0.2, 0.25) is 0 Å². The first-order chi connectivity index (χ1) is 24.2. The van der Waals surface area contributed by atoms with E-state index in [4.69, 9.17) is 4.74 Å². The predicted molar refractivity (Wildman–Crippen MR) is 186 cm³/mol. The Morgan fingerprint density at radius 1 is 0.900 bits per heavy atom. The molecule has 2 saturated heterocycles. The van der Waals surface area contributed by atoms with Gasteiger partial charge in [0.2, 0.25) is 5.91 Å². The molecule has 0 aliphatic carbocycles. The van der Waals surface area contributed by atoms with Crippen LogP contribution < -0.4 is 5.32 Å². The van der Waals surface area contributed by atoms with E-state index in [0.29, 0.717) is 30.4 Å². The second-order valence-electron chi connectivity index (χ2n) is 12.7. The van der Waals surface area contributed by atoms with Gasteiger partial charge in [-0.15, -0.1) is 0 Å². The Balaban J connectivity index is 1.20. The van der Waals surface area contributed by atoms with Crippen LogP contribution in [0.3, 0.4) is 0 Å². The van der Waals surface area contributed by atoms with Crippen LogP contribution in [0.25, 0.3) is 22.4 Å². The number of aromatic amines is 2. The highest BCUT2D eigenvalue weighted by Gasteiger charge is 2.37. The summed E-state index contributed by atoms with van der Waals surface area (Å²) in [6.45, 7) is 4.83. The van der Waals surface area contributed by atoms with Gasteiger partial charge >= 0.3 is 12.2 Å². The molecule has 12 nitrogen and oxygen atoms in total. The Labute approximate surface area is 290 Å². The largest absolute Gasteiger partial charge is 0.465 e. The minimum Gasteiger partial charge on any atom is -0.465 e. The molecule has 2 aromatic carbocycles. The number of ether oxygens (including phenoxy) is 1. The maximum atomic E-state index is 13.4. The number of carbonyl (C=O) groups is 3. The molecule has 2 aliphatic heterocycles. The Kier molecular flexibility index (Phi) is 10.2. The molecule has 12 heteroatoms. The Morgan fingerprint density at radius 2 is 1.58 bits per heavy atom. The maximum Gasteiger partial charge on any atom is 0.407 e. The van der Waals surface area contributed by atoms with Crippen LogP contribution in [0.5, 0.6) is 0 Å². The lowest BCUT2D eigenvalue weighted by Crippen LogP contribution is -2.51. The van der Waals surface area contributed by atoms with Gasteiger partial charge in [0.1, 0.15) is 23.4 Å². The van der Waals surface area contributed by atoms with E-state index in [1.807, 2.05) is 62.4 Å². The number of benzene rings is 2. The van der Waals surface area contributed by atoms with Crippen molar-refractivity contribution in [2.75, 3.05) is 20.2 Å². The Morgan fingerprint density at radius 3 is 2.30 bits per heavy atom. The number of nitrogens with zero attached hydrogens (tertiary/aromatic N) is 4. The second kappa shape index (κ2) is 15.0. The third kappa shape index (κ3) is 7.35. The highest BCUT2D eigenvalue weighted by molar-refractivity contribution is 5.86. The van der Waals surface area contributed by atoms with Gasteiger partial charge < -0.3 is 30.0 Å². The van der Waals surface area contributed by atoms with Gasteiger partial charge in [-0.25, -0.2) is 19.6 Å². The molecule has 2 fully saturated rings. The number of nitrogens with one attached hydrogen (secondary N) is 3. The number of H-pyrrole nitrogens is 2. The van der Waals surface area contributed by atoms with E-state index in [2.05, 4.69) is 48.9 Å². The van der Waals surface area contributed by atoms with Crippen molar-refractivity contribution in [3.05, 3.63) is 83.8 Å². The number of alkyl carbamates (subject to hydrolysis) is 1. The molecule has 4 aromatic rings. The van der Waals surface area contributed by atoms with E-state index in [1.54, 1.807) is 17.3 Å². The first-order valence-corrected chi connectivity index (χ1v) is 16.7. The smallest absolute Gasteiger partial charge is 0.407 e. The number of imidazole rings is 2. The average molecular weight is 674 g/mol. The molecule has 0 bridgehead atoms. The predicted octanol–water partition coefficient (Wildman–Crippen LogP) is 5.73. The van der Waals surface area contributed by atoms with Crippen molar-refractivity contribution in [1.82, 2.24) is 35.1 Å². The first kappa shape index (κ1) is 33.9. The normalized spacial score (nSPS) is 17.4. The molecule has 4 N–H and O–H groups in total. The molecule has 0 spiro atoms. The molecule has 0 radical (unpaired) electrons. The molecule has 2 aliphatic rings. The highest BCUT2D eigenvalue weighted by atomic mass is 16.5. The fourth-order valence-electron chi connectivity index (χ4n) is 6.57. The zero-order valence-electron chi connectivity index (χ0n) is 28.2. The van der Waals surface area contributed by atoms with E-state index in [0.717, 1.165) is 53.6 Å². The van der Waals surface area contributed by atoms with Crippen LogP contribution in [-0.4, -0.2) is 79.2 Å². The van der Waals surface area contributed by atoms with Crippen LogP contribution in [0.4, 0.5) is 9.59 Å². The molecular weight excluding hydrogens is 634 g/mol. The van der Waals surface area contributed by atoms with Crippen molar-refractivity contribution in [3.63, 3.8) is 0 Å². The molecule has 0 saturated carbocycles.